The number of hydrogen-bond donors (Lipinski definition) is 0. The zero-order valence-electron chi connectivity index (χ0n) is 8.92. The van der Waals surface area contributed by atoms with Crippen LogP contribution in [0.5, 0.6) is 0 Å². The largest absolute Gasteiger partial charge is 0.264 e. The normalized spacial score (nSPS) is 14.5. The maximum absolute atomic E-state index is 10.8. The van der Waals surface area contributed by atoms with Gasteiger partial charge in [0.1, 0.15) is 0 Å². The van der Waals surface area contributed by atoms with Crippen molar-refractivity contribution < 1.29 is 4.92 Å². The van der Waals surface area contributed by atoms with Crippen molar-refractivity contribution in [2.24, 2.45) is 0 Å². The topological polar surface area (TPSA) is 43.1 Å². The van der Waals surface area contributed by atoms with E-state index in [1.807, 2.05) is 44.2 Å². The van der Waals surface area contributed by atoms with Crippen molar-refractivity contribution >= 4 is 11.8 Å². The molecule has 1 rings (SSSR count). The second-order valence-electron chi connectivity index (χ2n) is 3.40. The smallest absolute Gasteiger partial charge is 0.224 e. The summed E-state index contributed by atoms with van der Waals surface area (Å²) in [4.78, 5) is 11.7. The Bertz CT molecular complexity index is 316. The maximum atomic E-state index is 10.8. The van der Waals surface area contributed by atoms with Crippen molar-refractivity contribution in [3.05, 3.63) is 40.4 Å². The van der Waals surface area contributed by atoms with Crippen molar-refractivity contribution in [2.45, 2.75) is 36.5 Å². The van der Waals surface area contributed by atoms with Gasteiger partial charge in [-0.1, -0.05) is 25.1 Å². The average molecular weight is 225 g/mol. The lowest BCUT2D eigenvalue weighted by molar-refractivity contribution is -0.521. The van der Waals surface area contributed by atoms with Crippen LogP contribution in [0.15, 0.2) is 35.2 Å². The highest BCUT2D eigenvalue weighted by atomic mass is 32.2. The highest BCUT2D eigenvalue weighted by Crippen LogP contribution is 2.26. The molecule has 0 aliphatic heterocycles. The van der Waals surface area contributed by atoms with Crippen LogP contribution in [0.2, 0.25) is 0 Å². The third-order valence-corrected chi connectivity index (χ3v) is 3.53. The molecule has 0 radical (unpaired) electrons. The summed E-state index contributed by atoms with van der Waals surface area (Å²) in [6.07, 6.45) is 0.577. The van der Waals surface area contributed by atoms with Crippen LogP contribution in [0.25, 0.3) is 0 Å². The van der Waals surface area contributed by atoms with Gasteiger partial charge in [-0.2, -0.15) is 0 Å². The quantitative estimate of drug-likeness (QED) is 0.439. The summed E-state index contributed by atoms with van der Waals surface area (Å²) in [7, 11) is 0. The molecule has 0 unspecified atom stereocenters. The van der Waals surface area contributed by atoms with Crippen molar-refractivity contribution in [2.75, 3.05) is 0 Å². The Labute approximate surface area is 94.0 Å². The van der Waals surface area contributed by atoms with E-state index >= 15 is 0 Å². The van der Waals surface area contributed by atoms with Crippen LogP contribution in [0.4, 0.5) is 0 Å². The molecule has 0 spiro atoms. The van der Waals surface area contributed by atoms with E-state index in [4.69, 9.17) is 0 Å². The van der Waals surface area contributed by atoms with Crippen molar-refractivity contribution in [1.29, 1.82) is 0 Å². The SMILES string of the molecule is CC[C@@H]([C@@H](C)Sc1ccccc1)[N+](=O)[O-]. The number of rotatable bonds is 5. The molecule has 0 aliphatic carbocycles. The molecule has 2 atom stereocenters. The van der Waals surface area contributed by atoms with Gasteiger partial charge in [-0.3, -0.25) is 10.1 Å². The first-order valence-corrected chi connectivity index (χ1v) is 5.88. The number of nitro groups is 1. The van der Waals surface area contributed by atoms with Gasteiger partial charge in [0.2, 0.25) is 6.04 Å². The molecule has 0 aromatic heterocycles. The minimum absolute atomic E-state index is 0.00685. The van der Waals surface area contributed by atoms with Crippen LogP contribution >= 0.6 is 11.8 Å². The second kappa shape index (κ2) is 5.75. The number of benzene rings is 1. The Morgan fingerprint density at radius 1 is 1.40 bits per heavy atom. The molecular weight excluding hydrogens is 210 g/mol. The lowest BCUT2D eigenvalue weighted by Crippen LogP contribution is -2.28. The molecule has 1 aromatic carbocycles. The molecule has 1 aromatic rings. The minimum atomic E-state index is -0.463. The van der Waals surface area contributed by atoms with E-state index in [-0.39, 0.29) is 10.2 Å². The monoisotopic (exact) mass is 225 g/mol. The highest BCUT2D eigenvalue weighted by molar-refractivity contribution is 8.00. The Morgan fingerprint density at radius 2 is 2.00 bits per heavy atom. The number of nitrogens with zero attached hydrogens (tertiary/aromatic N) is 1. The molecule has 0 fully saturated rings. The van der Waals surface area contributed by atoms with E-state index in [9.17, 15) is 10.1 Å². The van der Waals surface area contributed by atoms with Gasteiger partial charge < -0.3 is 0 Å². The Morgan fingerprint density at radius 3 is 2.47 bits per heavy atom. The fourth-order valence-corrected chi connectivity index (χ4v) is 2.64. The van der Waals surface area contributed by atoms with Gasteiger partial charge in [-0.25, -0.2) is 0 Å². The lowest BCUT2D eigenvalue weighted by Gasteiger charge is -2.14. The molecule has 0 bridgehead atoms. The molecule has 4 heteroatoms. The molecular formula is C11H15NO2S. The maximum Gasteiger partial charge on any atom is 0.224 e. The first-order valence-electron chi connectivity index (χ1n) is 5.00. The summed E-state index contributed by atoms with van der Waals surface area (Å²) >= 11 is 1.56. The van der Waals surface area contributed by atoms with E-state index in [2.05, 4.69) is 0 Å². The predicted octanol–water partition coefficient (Wildman–Crippen LogP) is 3.22. The molecule has 0 amide bonds. The summed E-state index contributed by atoms with van der Waals surface area (Å²) in [5.41, 5.74) is 0. The lowest BCUT2D eigenvalue weighted by atomic mass is 10.2. The van der Waals surface area contributed by atoms with Gasteiger partial charge in [0.05, 0.1) is 5.25 Å². The Hall–Kier alpha value is -1.03. The van der Waals surface area contributed by atoms with Gasteiger partial charge >= 0.3 is 0 Å². The van der Waals surface area contributed by atoms with E-state index in [1.54, 1.807) is 11.8 Å². The fraction of sp³-hybridized carbons (Fsp3) is 0.455. The zero-order chi connectivity index (χ0) is 11.3. The van der Waals surface area contributed by atoms with E-state index in [1.165, 1.54) is 0 Å². The standard InChI is InChI=1S/C11H15NO2S/c1-3-11(12(13)14)9(2)15-10-7-5-4-6-8-10/h4-9,11H,3H2,1-2H3/t9-,11+/m1/s1. The van der Waals surface area contributed by atoms with Gasteiger partial charge in [0, 0.05) is 16.2 Å². The van der Waals surface area contributed by atoms with E-state index in [0.717, 1.165) is 4.90 Å². The van der Waals surface area contributed by atoms with Gasteiger partial charge in [-0.05, 0) is 19.1 Å². The van der Waals surface area contributed by atoms with Crippen LogP contribution in [-0.4, -0.2) is 16.2 Å². The Balaban J connectivity index is 2.62. The summed E-state index contributed by atoms with van der Waals surface area (Å²) in [5, 5.41) is 10.8. The molecule has 3 nitrogen and oxygen atoms in total. The third-order valence-electron chi connectivity index (χ3n) is 2.30. The summed E-state index contributed by atoms with van der Waals surface area (Å²) in [6, 6.07) is 9.33. The molecule has 0 heterocycles. The fourth-order valence-electron chi connectivity index (χ4n) is 1.44. The van der Waals surface area contributed by atoms with E-state index < -0.39 is 6.04 Å². The summed E-state index contributed by atoms with van der Waals surface area (Å²) in [6.45, 7) is 3.77. The summed E-state index contributed by atoms with van der Waals surface area (Å²) < 4.78 is 0. The van der Waals surface area contributed by atoms with Crippen LogP contribution in [0, 0.1) is 10.1 Å². The average Bonchev–Trinajstić information content (AvgIpc) is 2.19. The second-order valence-corrected chi connectivity index (χ2v) is 4.85. The molecule has 0 saturated heterocycles. The van der Waals surface area contributed by atoms with Crippen LogP contribution in [0.3, 0.4) is 0 Å². The van der Waals surface area contributed by atoms with Crippen LogP contribution < -0.4 is 0 Å². The minimum Gasteiger partial charge on any atom is -0.264 e. The molecule has 0 N–H and O–H groups in total. The van der Waals surface area contributed by atoms with Crippen molar-refractivity contribution in [3.8, 4) is 0 Å². The van der Waals surface area contributed by atoms with Crippen molar-refractivity contribution in [1.82, 2.24) is 0 Å². The van der Waals surface area contributed by atoms with Crippen LogP contribution in [-0.2, 0) is 0 Å². The van der Waals surface area contributed by atoms with Gasteiger partial charge in [0.25, 0.3) is 0 Å². The number of hydrogen-bond acceptors (Lipinski definition) is 3. The van der Waals surface area contributed by atoms with E-state index in [0.29, 0.717) is 6.42 Å². The van der Waals surface area contributed by atoms with Gasteiger partial charge in [0.15, 0.2) is 0 Å². The summed E-state index contributed by atoms with van der Waals surface area (Å²) in [5.74, 6) is 0. The van der Waals surface area contributed by atoms with Crippen molar-refractivity contribution in [3.63, 3.8) is 0 Å². The molecule has 15 heavy (non-hydrogen) atoms. The molecule has 0 saturated carbocycles. The first kappa shape index (κ1) is 12.0. The highest BCUT2D eigenvalue weighted by Gasteiger charge is 2.26. The Kier molecular flexibility index (Phi) is 4.62. The zero-order valence-corrected chi connectivity index (χ0v) is 9.74. The predicted molar refractivity (Wildman–Crippen MR) is 62.8 cm³/mol. The number of thioether (sulfide) groups is 1. The third kappa shape index (κ3) is 3.55. The van der Waals surface area contributed by atoms with Gasteiger partial charge in [-0.15, -0.1) is 11.8 Å². The van der Waals surface area contributed by atoms with Crippen LogP contribution in [0.1, 0.15) is 20.3 Å². The first-order chi connectivity index (χ1) is 7.15. The molecule has 0 aliphatic rings. The molecule has 82 valence electrons.